The van der Waals surface area contributed by atoms with Crippen LogP contribution < -0.4 is 98.6 Å². The van der Waals surface area contributed by atoms with E-state index < -0.39 is 200 Å². The van der Waals surface area contributed by atoms with E-state index in [0.29, 0.717) is 44.9 Å². The van der Waals surface area contributed by atoms with Gasteiger partial charge in [-0.05, 0) is 141 Å². The molecule has 0 aliphatic carbocycles. The van der Waals surface area contributed by atoms with Gasteiger partial charge in [0.1, 0.15) is 54.4 Å². The normalized spacial score (nSPS) is 15.0. The number of nitrogens with zero attached hydrogens (tertiary/aromatic N) is 2. The van der Waals surface area contributed by atoms with Crippen molar-refractivity contribution in [3.8, 4) is 0 Å². The molecule has 101 heavy (non-hydrogen) atoms. The van der Waals surface area contributed by atoms with Gasteiger partial charge in [0.2, 0.25) is 70.9 Å². The molecule has 0 bridgehead atoms. The van der Waals surface area contributed by atoms with Crippen LogP contribution in [0.2, 0.25) is 0 Å². The average Bonchev–Trinajstić information content (AvgIpc) is 1.81. The zero-order valence-electron chi connectivity index (χ0n) is 57.6. The maximum Gasteiger partial charge on any atom is 0.326 e. The number of nitrogens with one attached hydrogen (secondary N) is 11. The minimum absolute atomic E-state index is 0.0113. The highest BCUT2D eigenvalue weighted by Crippen LogP contribution is 2.19. The quantitative estimate of drug-likeness (QED) is 0.0116. The van der Waals surface area contributed by atoms with Crippen molar-refractivity contribution in [2.45, 2.75) is 203 Å². The van der Waals surface area contributed by atoms with Gasteiger partial charge in [-0.3, -0.25) is 76.9 Å². The molecule has 1 saturated heterocycles. The van der Waals surface area contributed by atoms with Crippen LogP contribution in [0.1, 0.15) is 143 Å². The summed E-state index contributed by atoms with van der Waals surface area (Å²) in [5.41, 5.74) is 39.9. The molecule has 40 nitrogen and oxygen atoms in total. The van der Waals surface area contributed by atoms with Crippen molar-refractivity contribution in [3.05, 3.63) is 0 Å². The molecule has 1 aliphatic heterocycles. The molecular formula is C60H108N20O20S. The van der Waals surface area contributed by atoms with E-state index in [-0.39, 0.29) is 109 Å². The molecule has 0 aromatic heterocycles. The van der Waals surface area contributed by atoms with Gasteiger partial charge in [-0.25, -0.2) is 4.79 Å². The van der Waals surface area contributed by atoms with Crippen molar-refractivity contribution in [2.75, 3.05) is 64.7 Å². The standard InChI is InChI=1S/C58H104N20O18S.C2H4O2/c1-32(2)47(56(94)75-39(19-20-45(82)83)53(91)76-40(57(95)96)27-46(84)85)77-54(92)37(16-6-10-24-62)72-52(90)38(17-11-25-66-58(64)65)73-50(88)35(14-4-8-22-60)70-49(87)34(13-3-7-21-59)71-51(89)36(15-5-9-23-61)74-55(93)41-18-12-26-78(41)44(81)30-68-42(79)28-67-43(80)29-69-48(86)33(63)31-97;1-2(3)4/h32-41,47,97H,3-31,59-63H2,1-2H3,(H,67,80)(H,68,79)(H,69,86)(H,70,87)(H,71,89)(H,72,90)(H,73,88)(H,74,93)(H,75,94)(H,76,91)(H,77,92)(H,82,83)(H,84,85)(H,95,96)(H4,64,65,66);1H3,(H,3,4)/t33-,34-,35-,36-,37-,38-,39-,40-,41-,47-;/m0./s1. The number of nitrogens with two attached hydrogens (primary N) is 7. The summed E-state index contributed by atoms with van der Waals surface area (Å²) in [6, 6.07) is -14.2. The third-order valence-electron chi connectivity index (χ3n) is 15.1. The van der Waals surface area contributed by atoms with E-state index >= 15 is 0 Å². The van der Waals surface area contributed by atoms with Crippen LogP contribution in [0.15, 0.2) is 4.99 Å². The van der Waals surface area contributed by atoms with Gasteiger partial charge in [0.05, 0.1) is 32.1 Å². The molecule has 10 atom stereocenters. The summed E-state index contributed by atoms with van der Waals surface area (Å²) in [7, 11) is 0. The van der Waals surface area contributed by atoms with Crippen molar-refractivity contribution >= 4 is 113 Å². The fraction of sp³-hybridized carbons (Fsp3) is 0.717. The summed E-state index contributed by atoms with van der Waals surface area (Å²) in [5, 5.41) is 62.8. The largest absolute Gasteiger partial charge is 0.481 e. The van der Waals surface area contributed by atoms with Crippen molar-refractivity contribution in [2.24, 2.45) is 51.0 Å². The number of likely N-dealkylation sites (tertiary alicyclic amines) is 1. The van der Waals surface area contributed by atoms with Crippen LogP contribution >= 0.6 is 12.6 Å². The number of carboxylic acids is 4. The van der Waals surface area contributed by atoms with Gasteiger partial charge in [0, 0.05) is 32.2 Å². The molecule has 574 valence electrons. The summed E-state index contributed by atoms with van der Waals surface area (Å²) in [6.07, 6.45) is 0.698. The van der Waals surface area contributed by atoms with Crippen LogP contribution in [-0.4, -0.2) is 251 Å². The van der Waals surface area contributed by atoms with Gasteiger partial charge in [-0.15, -0.1) is 0 Å². The maximum absolute atomic E-state index is 14.6. The number of aliphatic imine (C=N–C) groups is 1. The Morgan fingerprint density at radius 3 is 1.25 bits per heavy atom. The first kappa shape index (κ1) is 91.9. The van der Waals surface area contributed by atoms with E-state index in [2.05, 4.69) is 70.8 Å². The summed E-state index contributed by atoms with van der Waals surface area (Å²) in [5.74, 6) is -16.7. The number of hydrogen-bond acceptors (Lipinski definition) is 23. The molecule has 12 amide bonds. The molecule has 1 fully saturated rings. The Bertz CT molecular complexity index is 2760. The number of carbonyl (C=O) groups is 16. The maximum atomic E-state index is 14.6. The fourth-order valence-electron chi connectivity index (χ4n) is 9.71. The first-order valence-corrected chi connectivity index (χ1v) is 33.9. The van der Waals surface area contributed by atoms with Gasteiger partial charge in [-0.2, -0.15) is 12.6 Å². The van der Waals surface area contributed by atoms with Crippen LogP contribution in [0.3, 0.4) is 0 Å². The third kappa shape index (κ3) is 40.1. The van der Waals surface area contributed by atoms with Gasteiger partial charge in [0.15, 0.2) is 5.96 Å². The minimum atomic E-state index is -1.97. The predicted octanol–water partition coefficient (Wildman–Crippen LogP) is -7.80. The summed E-state index contributed by atoms with van der Waals surface area (Å²) in [6.45, 7) is 3.40. The Morgan fingerprint density at radius 2 is 0.861 bits per heavy atom. The monoisotopic (exact) mass is 1460 g/mol. The molecule has 29 N–H and O–H groups in total. The molecule has 0 spiro atoms. The lowest BCUT2D eigenvalue weighted by Gasteiger charge is -2.29. The van der Waals surface area contributed by atoms with E-state index in [9.17, 15) is 87.2 Å². The Hall–Kier alpha value is -9.06. The SMILES string of the molecule is CC(=O)O.CC(C)[C@H](NC(=O)[C@H](CCCCN)NC(=O)[C@H](CCCN=C(N)N)NC(=O)[C@H](CCCCN)NC(=O)[C@H](CCCCN)NC(=O)[C@H](CCCCN)NC(=O)[C@@H]1CCCN1C(=O)CNC(=O)CNC(=O)CNC(=O)[C@@H](N)CS)C(=O)N[C@@H](CCC(=O)O)C(=O)N[C@@H](CC(=O)O)C(=O)O. The highest BCUT2D eigenvalue weighted by atomic mass is 32.1. The topological polar surface area (TPSA) is 684 Å². The highest BCUT2D eigenvalue weighted by Gasteiger charge is 2.39. The molecule has 41 heteroatoms. The van der Waals surface area contributed by atoms with Gasteiger partial charge >= 0.3 is 17.9 Å². The van der Waals surface area contributed by atoms with E-state index in [1.165, 1.54) is 18.7 Å². The van der Waals surface area contributed by atoms with Crippen LogP contribution in [0, 0.1) is 5.92 Å². The van der Waals surface area contributed by atoms with Crippen LogP contribution in [0.5, 0.6) is 0 Å². The Balaban J connectivity index is 0.0000243. The molecule has 0 aromatic carbocycles. The van der Waals surface area contributed by atoms with Gasteiger partial charge in [0.25, 0.3) is 5.97 Å². The Labute approximate surface area is 590 Å². The zero-order chi connectivity index (χ0) is 76.7. The van der Waals surface area contributed by atoms with E-state index in [1.54, 1.807) is 0 Å². The predicted molar refractivity (Wildman–Crippen MR) is 367 cm³/mol. The number of amides is 12. The number of carboxylic acid groups (broad SMARTS) is 4. The van der Waals surface area contributed by atoms with Crippen molar-refractivity contribution in [1.82, 2.24) is 63.4 Å². The molecule has 1 aliphatic rings. The molecule has 0 aromatic rings. The van der Waals surface area contributed by atoms with Crippen LogP contribution in [0.4, 0.5) is 0 Å². The number of guanidine groups is 1. The molecule has 1 heterocycles. The fourth-order valence-corrected chi connectivity index (χ4v) is 9.87. The number of rotatable bonds is 51. The summed E-state index contributed by atoms with van der Waals surface area (Å²) < 4.78 is 0. The summed E-state index contributed by atoms with van der Waals surface area (Å²) >= 11 is 3.92. The highest BCUT2D eigenvalue weighted by molar-refractivity contribution is 7.80. The minimum Gasteiger partial charge on any atom is -0.481 e. The second-order valence-corrected chi connectivity index (χ2v) is 24.3. The lowest BCUT2D eigenvalue weighted by Crippen LogP contribution is -2.61. The van der Waals surface area contributed by atoms with Crippen LogP contribution in [0.25, 0.3) is 0 Å². The number of aliphatic carboxylic acids is 4. The van der Waals surface area contributed by atoms with E-state index in [0.717, 1.165) is 6.92 Å². The lowest BCUT2D eigenvalue weighted by molar-refractivity contribution is -0.147. The van der Waals surface area contributed by atoms with E-state index in [1.807, 2.05) is 5.32 Å². The zero-order valence-corrected chi connectivity index (χ0v) is 58.5. The number of unbranched alkanes of at least 4 members (excludes halogenated alkanes) is 4. The first-order valence-electron chi connectivity index (χ1n) is 33.3. The van der Waals surface area contributed by atoms with Crippen molar-refractivity contribution in [3.63, 3.8) is 0 Å². The molecular weight excluding hydrogens is 1350 g/mol. The van der Waals surface area contributed by atoms with Gasteiger partial charge in [-0.1, -0.05) is 13.8 Å². The average molecular weight is 1460 g/mol. The van der Waals surface area contributed by atoms with Crippen LogP contribution in [-0.2, 0) is 76.7 Å². The summed E-state index contributed by atoms with van der Waals surface area (Å²) in [4.78, 5) is 212. The molecule has 0 unspecified atom stereocenters. The molecule has 0 saturated carbocycles. The lowest BCUT2D eigenvalue weighted by atomic mass is 10.00. The Kier molecular flexibility index (Phi) is 47.3. The Morgan fingerprint density at radius 1 is 0.485 bits per heavy atom. The third-order valence-corrected chi connectivity index (χ3v) is 15.5. The molecule has 1 rings (SSSR count). The van der Waals surface area contributed by atoms with Crippen molar-refractivity contribution < 1.29 is 97.1 Å². The molecule has 0 radical (unpaired) electrons. The number of carbonyl (C=O) groups excluding carboxylic acids is 12. The van der Waals surface area contributed by atoms with E-state index in [4.69, 9.17) is 50.0 Å². The number of thiol groups is 1. The van der Waals surface area contributed by atoms with Gasteiger partial charge < -0.3 is 124 Å². The number of hydrogen-bond donors (Lipinski definition) is 23. The van der Waals surface area contributed by atoms with Crippen molar-refractivity contribution in [1.29, 1.82) is 0 Å². The second kappa shape index (κ2) is 52.0. The second-order valence-electron chi connectivity index (χ2n) is 23.9. The smallest absolute Gasteiger partial charge is 0.326 e. The first-order chi connectivity index (χ1) is 47.7.